The maximum atomic E-state index is 16.9. The van der Waals surface area contributed by atoms with E-state index in [4.69, 9.17) is 14.5 Å². The molecule has 4 aromatic rings. The van der Waals surface area contributed by atoms with E-state index in [1.165, 1.54) is 12.1 Å². The number of thiophene rings is 1. The van der Waals surface area contributed by atoms with E-state index in [1.807, 2.05) is 7.05 Å². The van der Waals surface area contributed by atoms with Crippen LogP contribution in [0.5, 0.6) is 6.01 Å². The number of nitrogens with zero attached hydrogens (tertiary/aromatic N) is 8. The summed E-state index contributed by atoms with van der Waals surface area (Å²) >= 11 is 1.00. The van der Waals surface area contributed by atoms with Crippen LogP contribution in [-0.4, -0.2) is 104 Å². The third-order valence-electron chi connectivity index (χ3n) is 11.0. The van der Waals surface area contributed by atoms with Crippen molar-refractivity contribution < 1.29 is 18.3 Å². The average Bonchev–Trinajstić information content (AvgIpc) is 3.77. The number of hydrogen-bond donors (Lipinski definition) is 0. The van der Waals surface area contributed by atoms with Crippen molar-refractivity contribution in [1.82, 2.24) is 24.8 Å². The number of aliphatic imine (C=N–C) groups is 1. The first-order valence-electron chi connectivity index (χ1n) is 17.3. The molecule has 2 aliphatic carbocycles. The van der Waals surface area contributed by atoms with Crippen molar-refractivity contribution in [2.24, 2.45) is 16.3 Å². The van der Waals surface area contributed by atoms with E-state index in [1.54, 1.807) is 6.20 Å². The van der Waals surface area contributed by atoms with Crippen LogP contribution >= 0.6 is 11.3 Å². The number of ether oxygens (including phenoxy) is 2. The first-order chi connectivity index (χ1) is 24.0. The minimum Gasteiger partial charge on any atom is -0.463 e. The summed E-state index contributed by atoms with van der Waals surface area (Å²) in [6.45, 7) is 12.4. The summed E-state index contributed by atoms with van der Waals surface area (Å²) in [7, 11) is 6.15. The van der Waals surface area contributed by atoms with Crippen molar-refractivity contribution in [3.63, 3.8) is 0 Å². The highest BCUT2D eigenvalue weighted by molar-refractivity contribution is 7.23. The molecular formula is C37H44F2N8O2S. The van der Waals surface area contributed by atoms with Crippen molar-refractivity contribution in [3.05, 3.63) is 35.5 Å². The van der Waals surface area contributed by atoms with Gasteiger partial charge in [-0.05, 0) is 77.9 Å². The first-order valence-corrected chi connectivity index (χ1v) is 18.1. The van der Waals surface area contributed by atoms with E-state index < -0.39 is 11.6 Å². The van der Waals surface area contributed by atoms with Gasteiger partial charge in [-0.2, -0.15) is 15.2 Å². The van der Waals surface area contributed by atoms with Gasteiger partial charge in [0.1, 0.15) is 33.9 Å². The molecular weight excluding hydrogens is 659 g/mol. The van der Waals surface area contributed by atoms with Gasteiger partial charge in [-0.1, -0.05) is 6.92 Å². The molecule has 264 valence electrons. The molecule has 10 nitrogen and oxygen atoms in total. The van der Waals surface area contributed by atoms with Gasteiger partial charge in [-0.25, -0.2) is 8.78 Å². The molecule has 1 saturated heterocycles. The van der Waals surface area contributed by atoms with Gasteiger partial charge < -0.3 is 19.3 Å². The summed E-state index contributed by atoms with van der Waals surface area (Å²) in [5, 5.41) is 11.0. The molecule has 0 spiro atoms. The quantitative estimate of drug-likeness (QED) is 0.156. The number of pyridine rings is 1. The van der Waals surface area contributed by atoms with Crippen LogP contribution in [-0.2, 0) is 4.74 Å². The molecule has 3 fully saturated rings. The van der Waals surface area contributed by atoms with Gasteiger partial charge in [0.15, 0.2) is 5.82 Å². The van der Waals surface area contributed by atoms with E-state index in [0.717, 1.165) is 63.1 Å². The zero-order valence-corrected chi connectivity index (χ0v) is 30.2. The summed E-state index contributed by atoms with van der Waals surface area (Å²) in [5.74, 6) is -0.242. The molecule has 7 rings (SSSR count). The number of aromatic nitrogens is 3. The maximum absolute atomic E-state index is 16.9. The van der Waals surface area contributed by atoms with Crippen molar-refractivity contribution in [2.45, 2.75) is 57.5 Å². The van der Waals surface area contributed by atoms with Gasteiger partial charge >= 0.3 is 6.01 Å². The lowest BCUT2D eigenvalue weighted by molar-refractivity contribution is 0.0681. The SMILES string of the molecule is C=Nc1sc2c(F)ccc(-c3ncc4c(N(C)CC5(N(C)C)CCC5)nc(OCC5(CN6C[C@H](C)COC[C@H]6C)CC5)nc4c3F)c2c1C#N. The third kappa shape index (κ3) is 6.21. The van der Waals surface area contributed by atoms with E-state index in [2.05, 4.69) is 70.4 Å². The van der Waals surface area contributed by atoms with Crippen molar-refractivity contribution in [3.8, 4) is 23.3 Å². The second-order valence-electron chi connectivity index (χ2n) is 14.9. The number of fused-ring (bicyclic) bond motifs is 2. The Bertz CT molecular complexity index is 1990. The average molecular weight is 703 g/mol. The zero-order valence-electron chi connectivity index (χ0n) is 29.4. The lowest BCUT2D eigenvalue weighted by Crippen LogP contribution is -2.56. The summed E-state index contributed by atoms with van der Waals surface area (Å²) in [6, 6.07) is 5.23. The smallest absolute Gasteiger partial charge is 0.319 e. The molecule has 0 N–H and O–H groups in total. The van der Waals surface area contributed by atoms with Crippen LogP contribution in [0.4, 0.5) is 19.6 Å². The highest BCUT2D eigenvalue weighted by Crippen LogP contribution is 2.48. The molecule has 2 atom stereocenters. The number of nitriles is 1. The molecule has 13 heteroatoms. The molecule has 0 radical (unpaired) electrons. The minimum absolute atomic E-state index is 0.0228. The molecule has 1 aromatic carbocycles. The van der Waals surface area contributed by atoms with Crippen LogP contribution in [0.15, 0.2) is 23.3 Å². The summed E-state index contributed by atoms with van der Waals surface area (Å²) in [4.78, 5) is 24.9. The lowest BCUT2D eigenvalue weighted by atomic mass is 9.75. The van der Waals surface area contributed by atoms with Crippen LogP contribution in [0.25, 0.3) is 32.2 Å². The van der Waals surface area contributed by atoms with Gasteiger partial charge in [0.05, 0.1) is 35.5 Å². The van der Waals surface area contributed by atoms with Crippen molar-refractivity contribution in [2.75, 3.05) is 65.5 Å². The Morgan fingerprint density at radius 2 is 1.94 bits per heavy atom. The zero-order chi connectivity index (χ0) is 35.4. The predicted molar refractivity (Wildman–Crippen MR) is 194 cm³/mol. The Kier molecular flexibility index (Phi) is 9.26. The molecule has 4 heterocycles. The van der Waals surface area contributed by atoms with Crippen LogP contribution in [0.2, 0.25) is 0 Å². The van der Waals surface area contributed by atoms with Gasteiger partial charge in [0.2, 0.25) is 0 Å². The summed E-state index contributed by atoms with van der Waals surface area (Å²) in [5.41, 5.74) is 0.369. The number of rotatable bonds is 11. The number of halogens is 2. The number of benzene rings is 1. The van der Waals surface area contributed by atoms with Crippen molar-refractivity contribution in [1.29, 1.82) is 5.26 Å². The standard InChI is InChI=1S/C37H44F2N8O2S/c1-22-16-47(23(2)18-48-17-22)19-36(12-13-36)21-49-35-43-31-26(33(44-35)46(6)20-37(45(4)5)10-7-11-37)15-42-30(29(31)39)24-8-9-27(38)32-28(24)25(14-40)34(41-3)50-32/h8-9,15,22-23H,3,7,10-13,16-21H2,1-2,4-6H3/t22-,23+/m0/s1. The molecule has 0 unspecified atom stereocenters. The summed E-state index contributed by atoms with van der Waals surface area (Å²) < 4.78 is 44.4. The fraction of sp³-hybridized carbons (Fsp3) is 0.541. The Balaban J connectivity index is 1.29. The second kappa shape index (κ2) is 13.4. The largest absolute Gasteiger partial charge is 0.463 e. The van der Waals surface area contributed by atoms with Crippen LogP contribution in [0.1, 0.15) is 51.5 Å². The maximum Gasteiger partial charge on any atom is 0.319 e. The fourth-order valence-corrected chi connectivity index (χ4v) is 8.54. The van der Waals surface area contributed by atoms with E-state index >= 15 is 4.39 Å². The number of anilines is 1. The predicted octanol–water partition coefficient (Wildman–Crippen LogP) is 6.82. The molecule has 0 amide bonds. The van der Waals surface area contributed by atoms with E-state index in [9.17, 15) is 9.65 Å². The van der Waals surface area contributed by atoms with E-state index in [0.29, 0.717) is 42.9 Å². The van der Waals surface area contributed by atoms with Crippen LogP contribution in [0, 0.1) is 34.3 Å². The van der Waals surface area contributed by atoms with Crippen LogP contribution in [0.3, 0.4) is 0 Å². The normalized spacial score (nSPS) is 21.5. The van der Waals surface area contributed by atoms with E-state index in [-0.39, 0.29) is 54.4 Å². The molecule has 2 saturated carbocycles. The molecule has 3 aliphatic rings. The van der Waals surface area contributed by atoms with Crippen molar-refractivity contribution >= 4 is 49.9 Å². The molecule has 50 heavy (non-hydrogen) atoms. The van der Waals surface area contributed by atoms with Gasteiger partial charge in [0.25, 0.3) is 0 Å². The molecule has 1 aliphatic heterocycles. The second-order valence-corrected chi connectivity index (χ2v) is 15.9. The molecule has 0 bridgehead atoms. The highest BCUT2D eigenvalue weighted by Gasteiger charge is 2.46. The number of hydrogen-bond acceptors (Lipinski definition) is 11. The minimum atomic E-state index is -0.694. The third-order valence-corrected chi connectivity index (χ3v) is 12.1. The van der Waals surface area contributed by atoms with Gasteiger partial charge in [-0.15, -0.1) is 11.3 Å². The highest BCUT2D eigenvalue weighted by atomic mass is 32.1. The first kappa shape index (κ1) is 34.6. The Morgan fingerprint density at radius 1 is 1.16 bits per heavy atom. The molecule has 3 aromatic heterocycles. The van der Waals surface area contributed by atoms with Crippen LogP contribution < -0.4 is 9.64 Å². The Hall–Kier alpha value is -3.83. The Labute approximate surface area is 295 Å². The monoisotopic (exact) mass is 702 g/mol. The number of likely N-dealkylation sites (N-methyl/N-ethyl adjacent to an activating group) is 2. The van der Waals surface area contributed by atoms with Gasteiger partial charge in [0, 0.05) is 60.8 Å². The Morgan fingerprint density at radius 3 is 2.60 bits per heavy atom. The van der Waals surface area contributed by atoms with Gasteiger partial charge in [-0.3, -0.25) is 14.9 Å². The topological polar surface area (TPSA) is 103 Å². The fourth-order valence-electron chi connectivity index (χ4n) is 7.56. The lowest BCUT2D eigenvalue weighted by Gasteiger charge is -2.49. The summed E-state index contributed by atoms with van der Waals surface area (Å²) in [6.07, 6.45) is 6.89.